The van der Waals surface area contributed by atoms with Crippen molar-refractivity contribution in [3.05, 3.63) is 12.7 Å². The molecule has 0 aliphatic heterocycles. The van der Waals surface area contributed by atoms with E-state index >= 15 is 0 Å². The van der Waals surface area contributed by atoms with Gasteiger partial charge in [0.25, 0.3) is 0 Å². The number of carboxylic acids is 1. The molecule has 0 amide bonds. The van der Waals surface area contributed by atoms with Gasteiger partial charge >= 0.3 is 5.97 Å². The quantitative estimate of drug-likeness (QED) is 0.608. The Kier molecular flexibility index (Phi) is 5.24. The zero-order chi connectivity index (χ0) is 7.49. The minimum Gasteiger partial charge on any atom is -0.481 e. The van der Waals surface area contributed by atoms with Crippen molar-refractivity contribution in [1.29, 1.82) is 0 Å². The van der Waals surface area contributed by atoms with Gasteiger partial charge in [0.05, 0.1) is 6.42 Å². The fourth-order valence-corrected chi connectivity index (χ4v) is 0.398. The van der Waals surface area contributed by atoms with Gasteiger partial charge in [-0.05, 0) is 6.92 Å². The lowest BCUT2D eigenvalue weighted by molar-refractivity contribution is -0.137. The monoisotopic (exact) mass is 165 g/mol. The predicted molar refractivity (Wildman–Crippen MR) is 42.3 cm³/mol. The van der Waals surface area contributed by atoms with Gasteiger partial charge in [0, 0.05) is 5.54 Å². The van der Waals surface area contributed by atoms with Crippen LogP contribution in [0.2, 0.25) is 0 Å². The molecule has 4 heteroatoms. The molecule has 1 unspecified atom stereocenters. The molecule has 10 heavy (non-hydrogen) atoms. The fourth-order valence-electron chi connectivity index (χ4n) is 0.398. The van der Waals surface area contributed by atoms with Crippen LogP contribution in [0.1, 0.15) is 13.3 Å². The van der Waals surface area contributed by atoms with Crippen molar-refractivity contribution in [1.82, 2.24) is 0 Å². The van der Waals surface area contributed by atoms with Crippen LogP contribution in [0.5, 0.6) is 0 Å². The first-order valence-electron chi connectivity index (χ1n) is 2.62. The summed E-state index contributed by atoms with van der Waals surface area (Å²) in [7, 11) is 0. The molecular formula is C6H12ClNO2. The highest BCUT2D eigenvalue weighted by molar-refractivity contribution is 5.85. The van der Waals surface area contributed by atoms with E-state index in [0.717, 1.165) is 0 Å². The van der Waals surface area contributed by atoms with Crippen molar-refractivity contribution in [2.45, 2.75) is 18.9 Å². The number of halogens is 1. The van der Waals surface area contributed by atoms with E-state index in [2.05, 4.69) is 6.58 Å². The molecule has 0 radical (unpaired) electrons. The van der Waals surface area contributed by atoms with E-state index in [4.69, 9.17) is 10.8 Å². The van der Waals surface area contributed by atoms with Crippen LogP contribution in [0.4, 0.5) is 0 Å². The summed E-state index contributed by atoms with van der Waals surface area (Å²) < 4.78 is 0. The lowest BCUT2D eigenvalue weighted by Crippen LogP contribution is -2.35. The number of aliphatic carboxylic acids is 1. The van der Waals surface area contributed by atoms with Crippen LogP contribution in [0.25, 0.3) is 0 Å². The average Bonchev–Trinajstić information content (AvgIpc) is 1.63. The second-order valence-electron chi connectivity index (χ2n) is 2.28. The van der Waals surface area contributed by atoms with Crippen LogP contribution in [0.3, 0.4) is 0 Å². The van der Waals surface area contributed by atoms with Gasteiger partial charge in [-0.15, -0.1) is 19.0 Å². The topological polar surface area (TPSA) is 63.3 Å². The summed E-state index contributed by atoms with van der Waals surface area (Å²) in [5, 5.41) is 8.25. The van der Waals surface area contributed by atoms with Crippen molar-refractivity contribution in [2.24, 2.45) is 5.73 Å². The van der Waals surface area contributed by atoms with Crippen molar-refractivity contribution >= 4 is 18.4 Å². The summed E-state index contributed by atoms with van der Waals surface area (Å²) in [6.07, 6.45) is 1.36. The Morgan fingerprint density at radius 3 is 2.40 bits per heavy atom. The molecule has 0 aromatic heterocycles. The number of nitrogens with two attached hydrogens (primary N) is 1. The first-order chi connectivity index (χ1) is 3.98. The third-order valence-electron chi connectivity index (χ3n) is 0.998. The Bertz CT molecular complexity index is 134. The van der Waals surface area contributed by atoms with E-state index in [1.165, 1.54) is 6.08 Å². The number of hydrogen-bond donors (Lipinski definition) is 2. The zero-order valence-corrected chi connectivity index (χ0v) is 6.65. The molecule has 60 valence electrons. The maximum Gasteiger partial charge on any atom is 0.305 e. The highest BCUT2D eigenvalue weighted by atomic mass is 35.5. The Morgan fingerprint density at radius 1 is 1.90 bits per heavy atom. The summed E-state index contributed by atoms with van der Waals surface area (Å²) in [6, 6.07) is 0. The summed E-state index contributed by atoms with van der Waals surface area (Å²) in [6.45, 7) is 5.02. The molecule has 0 aromatic rings. The molecule has 0 saturated heterocycles. The zero-order valence-electron chi connectivity index (χ0n) is 5.83. The minimum atomic E-state index is -0.903. The lowest BCUT2D eigenvalue weighted by atomic mass is 10.0. The van der Waals surface area contributed by atoms with Crippen LogP contribution >= 0.6 is 12.4 Å². The SMILES string of the molecule is C=CC(C)(N)CC(=O)O.Cl. The predicted octanol–water partition coefficient (Wildman–Crippen LogP) is 0.786. The first-order valence-corrected chi connectivity index (χ1v) is 2.62. The Labute approximate surface area is 66.3 Å². The maximum atomic E-state index is 10.0. The molecule has 0 bridgehead atoms. The van der Waals surface area contributed by atoms with Crippen LogP contribution in [0.15, 0.2) is 12.7 Å². The number of carbonyl (C=O) groups is 1. The first kappa shape index (κ1) is 12.2. The van der Waals surface area contributed by atoms with Crippen molar-refractivity contribution < 1.29 is 9.90 Å². The lowest BCUT2D eigenvalue weighted by Gasteiger charge is -2.15. The van der Waals surface area contributed by atoms with Gasteiger partial charge < -0.3 is 10.8 Å². The molecule has 0 rings (SSSR count). The third kappa shape index (κ3) is 5.59. The smallest absolute Gasteiger partial charge is 0.305 e. The molecule has 0 saturated carbocycles. The van der Waals surface area contributed by atoms with Gasteiger partial charge in [-0.25, -0.2) is 0 Å². The van der Waals surface area contributed by atoms with E-state index in [1.807, 2.05) is 0 Å². The molecular weight excluding hydrogens is 154 g/mol. The molecule has 0 heterocycles. The minimum absolute atomic E-state index is 0. The van der Waals surface area contributed by atoms with Crippen molar-refractivity contribution in [3.63, 3.8) is 0 Å². The second-order valence-corrected chi connectivity index (χ2v) is 2.28. The third-order valence-corrected chi connectivity index (χ3v) is 0.998. The standard InChI is InChI=1S/C6H11NO2.ClH/c1-3-6(2,7)4-5(8)9;/h3H,1,4,7H2,2H3,(H,8,9);1H. The van der Waals surface area contributed by atoms with Crippen molar-refractivity contribution in [3.8, 4) is 0 Å². The Morgan fingerprint density at radius 2 is 2.30 bits per heavy atom. The summed E-state index contributed by atoms with van der Waals surface area (Å²) >= 11 is 0. The van der Waals surface area contributed by atoms with E-state index in [-0.39, 0.29) is 18.8 Å². The molecule has 0 spiro atoms. The van der Waals surface area contributed by atoms with Crippen LogP contribution in [0, 0.1) is 0 Å². The molecule has 3 nitrogen and oxygen atoms in total. The van der Waals surface area contributed by atoms with Crippen LogP contribution < -0.4 is 5.73 Å². The van der Waals surface area contributed by atoms with Gasteiger partial charge in [0.2, 0.25) is 0 Å². The second kappa shape index (κ2) is 4.30. The number of carboxylic acid groups (broad SMARTS) is 1. The highest BCUT2D eigenvalue weighted by Gasteiger charge is 2.16. The highest BCUT2D eigenvalue weighted by Crippen LogP contribution is 2.04. The summed E-state index contributed by atoms with van der Waals surface area (Å²) in [5.74, 6) is -0.903. The van der Waals surface area contributed by atoms with E-state index < -0.39 is 11.5 Å². The molecule has 0 fully saturated rings. The summed E-state index contributed by atoms with van der Waals surface area (Å²) in [5.41, 5.74) is 4.65. The summed E-state index contributed by atoms with van der Waals surface area (Å²) in [4.78, 5) is 10.0. The number of rotatable bonds is 3. The molecule has 0 aliphatic rings. The molecule has 3 N–H and O–H groups in total. The Balaban J connectivity index is 0. The Hall–Kier alpha value is -0.540. The molecule has 0 aliphatic carbocycles. The van der Waals surface area contributed by atoms with E-state index in [0.29, 0.717) is 0 Å². The van der Waals surface area contributed by atoms with Gasteiger partial charge in [0.15, 0.2) is 0 Å². The van der Waals surface area contributed by atoms with E-state index in [9.17, 15) is 4.79 Å². The maximum absolute atomic E-state index is 10.0. The largest absolute Gasteiger partial charge is 0.481 e. The molecule has 1 atom stereocenters. The van der Waals surface area contributed by atoms with E-state index in [1.54, 1.807) is 6.92 Å². The van der Waals surface area contributed by atoms with Crippen molar-refractivity contribution in [2.75, 3.05) is 0 Å². The van der Waals surface area contributed by atoms with Gasteiger partial charge in [-0.1, -0.05) is 6.08 Å². The average molecular weight is 166 g/mol. The van der Waals surface area contributed by atoms with Crippen LogP contribution in [-0.4, -0.2) is 16.6 Å². The fraction of sp³-hybridized carbons (Fsp3) is 0.500. The van der Waals surface area contributed by atoms with Gasteiger partial charge in [-0.2, -0.15) is 0 Å². The normalized spacial score (nSPS) is 14.6. The van der Waals surface area contributed by atoms with Gasteiger partial charge in [-0.3, -0.25) is 4.79 Å². The molecule has 0 aromatic carbocycles. The number of hydrogen-bond acceptors (Lipinski definition) is 2. The van der Waals surface area contributed by atoms with Crippen LogP contribution in [-0.2, 0) is 4.79 Å². The van der Waals surface area contributed by atoms with Gasteiger partial charge in [0.1, 0.15) is 0 Å².